The molecule has 120 valence electrons. The van der Waals surface area contributed by atoms with Crippen molar-refractivity contribution in [3.8, 4) is 0 Å². The first-order valence-electron chi connectivity index (χ1n) is 7.43. The molecule has 1 amide bonds. The highest BCUT2D eigenvalue weighted by molar-refractivity contribution is 7.14. The van der Waals surface area contributed by atoms with E-state index in [2.05, 4.69) is 4.98 Å². The molecule has 2 aliphatic rings. The van der Waals surface area contributed by atoms with E-state index in [-0.39, 0.29) is 22.3 Å². The van der Waals surface area contributed by atoms with Gasteiger partial charge in [0.05, 0.1) is 6.20 Å². The largest absolute Gasteiger partial charge is 0.342 e. The van der Waals surface area contributed by atoms with Crippen molar-refractivity contribution in [3.63, 3.8) is 0 Å². The first-order valence-corrected chi connectivity index (χ1v) is 8.25. The summed E-state index contributed by atoms with van der Waals surface area (Å²) in [6, 6.07) is 4.67. The van der Waals surface area contributed by atoms with Gasteiger partial charge in [-0.05, 0) is 30.2 Å². The van der Waals surface area contributed by atoms with E-state index in [1.54, 1.807) is 24.0 Å². The molecule has 1 atom stereocenters. The Kier molecular flexibility index (Phi) is 3.16. The summed E-state index contributed by atoms with van der Waals surface area (Å²) in [4.78, 5) is 19.6. The van der Waals surface area contributed by atoms with Crippen LogP contribution in [-0.4, -0.2) is 35.4 Å². The zero-order valence-electron chi connectivity index (χ0n) is 12.6. The fraction of sp³-hybridized carbons (Fsp3) is 0.375. The molecule has 0 aliphatic carbocycles. The van der Waals surface area contributed by atoms with E-state index in [1.165, 1.54) is 12.3 Å². The van der Waals surface area contributed by atoms with Gasteiger partial charge in [-0.15, -0.1) is 0 Å². The Morgan fingerprint density at radius 2 is 2.17 bits per heavy atom. The molecule has 0 radical (unpaired) electrons. The van der Waals surface area contributed by atoms with Gasteiger partial charge in [0.2, 0.25) is 5.91 Å². The van der Waals surface area contributed by atoms with Gasteiger partial charge < -0.3 is 9.80 Å². The van der Waals surface area contributed by atoms with Gasteiger partial charge in [0, 0.05) is 37.7 Å². The number of hydrogen-bond acceptors (Lipinski definition) is 4. The predicted octanol–water partition coefficient (Wildman–Crippen LogP) is 3.06. The number of hydrogen-bond donors (Lipinski definition) is 0. The fourth-order valence-electron chi connectivity index (χ4n) is 3.67. The maximum atomic E-state index is 13.8. The van der Waals surface area contributed by atoms with Crippen molar-refractivity contribution >= 4 is 28.1 Å². The smallest absolute Gasteiger partial charge is 0.219 e. The van der Waals surface area contributed by atoms with Crippen LogP contribution in [0.15, 0.2) is 24.4 Å². The Bertz CT molecular complexity index is 793. The van der Waals surface area contributed by atoms with Crippen molar-refractivity contribution in [3.05, 3.63) is 40.9 Å². The van der Waals surface area contributed by atoms with E-state index < -0.39 is 0 Å². The topological polar surface area (TPSA) is 36.4 Å². The number of likely N-dealkylation sites (tertiary alicyclic amines) is 1. The number of thiazole rings is 1. The number of aromatic nitrogens is 1. The van der Waals surface area contributed by atoms with Crippen LogP contribution >= 0.6 is 11.3 Å². The number of anilines is 2. The summed E-state index contributed by atoms with van der Waals surface area (Å²) < 4.78 is 27.2. The lowest BCUT2D eigenvalue weighted by Crippen LogP contribution is -2.36. The lowest BCUT2D eigenvalue weighted by molar-refractivity contribution is -0.127. The van der Waals surface area contributed by atoms with Gasteiger partial charge in [0.1, 0.15) is 5.82 Å². The second-order valence-electron chi connectivity index (χ2n) is 6.17. The molecule has 3 heterocycles. The van der Waals surface area contributed by atoms with Crippen LogP contribution in [0.1, 0.15) is 18.9 Å². The summed E-state index contributed by atoms with van der Waals surface area (Å²) in [6.07, 6.45) is 1.97. The number of benzene rings is 1. The fourth-order valence-corrected chi connectivity index (χ4v) is 4.33. The number of amides is 1. The molecule has 1 unspecified atom stereocenters. The van der Waals surface area contributed by atoms with Gasteiger partial charge in [-0.1, -0.05) is 11.3 Å². The standard InChI is InChI=1S/C16H15F2N3OS/c1-10(22)20-5-4-16(8-20)9-21(15-19-7-14(18)23-15)13-3-2-11(17)6-12(13)16/h2-3,6-7H,4-5,8-9H2,1H3. The molecule has 1 aromatic heterocycles. The maximum absolute atomic E-state index is 13.8. The Hall–Kier alpha value is -2.02. The molecule has 1 saturated heterocycles. The van der Waals surface area contributed by atoms with Crippen LogP contribution in [0.25, 0.3) is 0 Å². The SMILES string of the molecule is CC(=O)N1CCC2(C1)CN(c1ncc(F)s1)c1ccc(F)cc12. The van der Waals surface area contributed by atoms with Crippen LogP contribution in [0.3, 0.4) is 0 Å². The van der Waals surface area contributed by atoms with E-state index in [0.29, 0.717) is 24.8 Å². The number of rotatable bonds is 1. The molecule has 2 aromatic rings. The highest BCUT2D eigenvalue weighted by Gasteiger charge is 2.48. The molecule has 2 aliphatic heterocycles. The monoisotopic (exact) mass is 335 g/mol. The van der Waals surface area contributed by atoms with Crippen LogP contribution in [0.2, 0.25) is 0 Å². The quantitative estimate of drug-likeness (QED) is 0.804. The molecule has 1 aromatic carbocycles. The molecule has 4 rings (SSSR count). The van der Waals surface area contributed by atoms with Gasteiger partial charge >= 0.3 is 0 Å². The van der Waals surface area contributed by atoms with Crippen LogP contribution in [0.5, 0.6) is 0 Å². The van der Waals surface area contributed by atoms with E-state index in [0.717, 1.165) is 29.0 Å². The number of fused-ring (bicyclic) bond motifs is 2. The third kappa shape index (κ3) is 2.22. The minimum atomic E-state index is -0.346. The van der Waals surface area contributed by atoms with Crippen molar-refractivity contribution in [1.29, 1.82) is 0 Å². The number of carbonyl (C=O) groups excluding carboxylic acids is 1. The van der Waals surface area contributed by atoms with Gasteiger partial charge in [0.15, 0.2) is 10.3 Å². The third-order valence-electron chi connectivity index (χ3n) is 4.78. The summed E-state index contributed by atoms with van der Waals surface area (Å²) in [7, 11) is 0. The first-order chi connectivity index (χ1) is 11.0. The zero-order valence-corrected chi connectivity index (χ0v) is 13.4. The van der Waals surface area contributed by atoms with Crippen molar-refractivity contribution in [2.24, 2.45) is 0 Å². The van der Waals surface area contributed by atoms with Crippen molar-refractivity contribution < 1.29 is 13.6 Å². The van der Waals surface area contributed by atoms with Gasteiger partial charge in [-0.3, -0.25) is 4.79 Å². The average molecular weight is 335 g/mol. The van der Waals surface area contributed by atoms with Crippen LogP contribution in [0.4, 0.5) is 19.6 Å². The third-order valence-corrected chi connectivity index (χ3v) is 5.59. The van der Waals surface area contributed by atoms with E-state index >= 15 is 0 Å². The second kappa shape index (κ2) is 4.99. The Labute approximate surface area is 136 Å². The second-order valence-corrected chi connectivity index (χ2v) is 7.12. The summed E-state index contributed by atoms with van der Waals surface area (Å²) in [5.41, 5.74) is 1.42. The molecule has 0 N–H and O–H groups in total. The van der Waals surface area contributed by atoms with Crippen LogP contribution < -0.4 is 4.90 Å². The molecule has 7 heteroatoms. The highest BCUT2D eigenvalue weighted by Crippen LogP contribution is 2.49. The van der Waals surface area contributed by atoms with Crippen molar-refractivity contribution in [1.82, 2.24) is 9.88 Å². The van der Waals surface area contributed by atoms with Gasteiger partial charge in [0.25, 0.3) is 0 Å². The van der Waals surface area contributed by atoms with Crippen LogP contribution in [-0.2, 0) is 10.2 Å². The molecule has 0 saturated carbocycles. The predicted molar refractivity (Wildman–Crippen MR) is 84.0 cm³/mol. The summed E-state index contributed by atoms with van der Waals surface area (Å²) >= 11 is 0.976. The zero-order chi connectivity index (χ0) is 16.2. The molecule has 1 spiro atoms. The van der Waals surface area contributed by atoms with Crippen molar-refractivity contribution in [2.45, 2.75) is 18.8 Å². The average Bonchev–Trinajstić information content (AvgIpc) is 3.19. The molecule has 23 heavy (non-hydrogen) atoms. The van der Waals surface area contributed by atoms with E-state index in [1.807, 2.05) is 4.90 Å². The molecule has 4 nitrogen and oxygen atoms in total. The minimum Gasteiger partial charge on any atom is -0.342 e. The molecular weight excluding hydrogens is 320 g/mol. The Balaban J connectivity index is 1.79. The number of carbonyl (C=O) groups is 1. The maximum Gasteiger partial charge on any atom is 0.219 e. The van der Waals surface area contributed by atoms with E-state index in [9.17, 15) is 13.6 Å². The van der Waals surface area contributed by atoms with Crippen molar-refractivity contribution in [2.75, 3.05) is 24.5 Å². The Morgan fingerprint density at radius 1 is 1.35 bits per heavy atom. The normalized spacial score (nSPS) is 22.9. The summed E-state index contributed by atoms with van der Waals surface area (Å²) in [6.45, 7) is 3.35. The Morgan fingerprint density at radius 3 is 2.83 bits per heavy atom. The first kappa shape index (κ1) is 14.6. The lowest BCUT2D eigenvalue weighted by atomic mass is 9.81. The van der Waals surface area contributed by atoms with Gasteiger partial charge in [-0.25, -0.2) is 9.37 Å². The summed E-state index contributed by atoms with van der Waals surface area (Å²) in [5, 5.41) is 0.218. The number of halogens is 2. The van der Waals surface area contributed by atoms with Gasteiger partial charge in [-0.2, -0.15) is 4.39 Å². The lowest BCUT2D eigenvalue weighted by Gasteiger charge is -2.25. The highest BCUT2D eigenvalue weighted by atomic mass is 32.1. The number of nitrogens with zero attached hydrogens (tertiary/aromatic N) is 3. The van der Waals surface area contributed by atoms with Crippen LogP contribution in [0, 0.1) is 10.9 Å². The molecular formula is C16H15F2N3OS. The van der Waals surface area contributed by atoms with E-state index in [4.69, 9.17) is 0 Å². The molecule has 1 fully saturated rings. The summed E-state index contributed by atoms with van der Waals surface area (Å²) in [5.74, 6) is -0.268. The minimum absolute atomic E-state index is 0.0265. The molecule has 0 bridgehead atoms.